The third kappa shape index (κ3) is 2.03. The van der Waals surface area contributed by atoms with Crippen molar-refractivity contribution in [2.45, 2.75) is 0 Å². The molecule has 0 radical (unpaired) electrons. The lowest BCUT2D eigenvalue weighted by Crippen LogP contribution is -1.91. The van der Waals surface area contributed by atoms with E-state index >= 15 is 0 Å². The molecule has 0 aliphatic rings. The zero-order valence-corrected chi connectivity index (χ0v) is 19.1. The minimum atomic E-state index is 1.28. The number of aromatic nitrogens is 2. The van der Waals surface area contributed by atoms with Gasteiger partial charge in [-0.15, -0.1) is 0 Å². The Balaban J connectivity index is 1.86. The highest BCUT2D eigenvalue weighted by Gasteiger charge is 2.23. The molecule has 2 aromatic heterocycles. The summed E-state index contributed by atoms with van der Waals surface area (Å²) in [5.74, 6) is 0. The van der Waals surface area contributed by atoms with Crippen LogP contribution in [-0.4, -0.2) is 9.13 Å². The lowest BCUT2D eigenvalue weighted by Gasteiger charge is -2.08. The largest absolute Gasteiger partial charge is 0.343 e. The molecule has 0 aliphatic heterocycles. The first-order chi connectivity index (χ1) is 16.7. The van der Waals surface area contributed by atoms with Gasteiger partial charge in [0.15, 0.2) is 0 Å². The van der Waals surface area contributed by atoms with Crippen LogP contribution < -0.4 is 0 Å². The van der Waals surface area contributed by atoms with Crippen molar-refractivity contribution in [2.24, 2.45) is 14.1 Å². The summed E-state index contributed by atoms with van der Waals surface area (Å²) in [6.07, 6.45) is 0. The van der Waals surface area contributed by atoms with Gasteiger partial charge in [-0.2, -0.15) is 0 Å². The van der Waals surface area contributed by atoms with E-state index in [1.807, 2.05) is 0 Å². The molecule has 2 heteroatoms. The third-order valence-corrected chi connectivity index (χ3v) is 7.87. The van der Waals surface area contributed by atoms with E-state index < -0.39 is 0 Å². The second-order valence-electron chi connectivity index (χ2n) is 9.47. The average molecular weight is 435 g/mol. The average Bonchev–Trinajstić information content (AvgIpc) is 3.36. The van der Waals surface area contributed by atoms with Crippen molar-refractivity contribution in [2.75, 3.05) is 0 Å². The number of nitrogens with zero attached hydrogens (tertiary/aromatic N) is 2. The van der Waals surface area contributed by atoms with Crippen molar-refractivity contribution in [3.63, 3.8) is 0 Å². The maximum absolute atomic E-state index is 2.41. The molecular formula is C32H22N2. The van der Waals surface area contributed by atoms with Crippen LogP contribution in [0.25, 0.3) is 75.9 Å². The second-order valence-corrected chi connectivity index (χ2v) is 9.47. The van der Waals surface area contributed by atoms with Gasteiger partial charge in [0, 0.05) is 57.4 Å². The van der Waals surface area contributed by atoms with Gasteiger partial charge in [0.25, 0.3) is 0 Å². The lowest BCUT2D eigenvalue weighted by atomic mass is 9.95. The molecule has 0 fully saturated rings. The van der Waals surface area contributed by atoms with E-state index in [0.717, 1.165) is 0 Å². The Hall–Kier alpha value is -4.30. The van der Waals surface area contributed by atoms with Crippen LogP contribution in [0.5, 0.6) is 0 Å². The molecule has 0 atom stereocenters. The minimum absolute atomic E-state index is 1.28. The maximum atomic E-state index is 2.41. The summed E-state index contributed by atoms with van der Waals surface area (Å²) in [7, 11) is 4.45. The molecule has 0 saturated heterocycles. The van der Waals surface area contributed by atoms with Crippen LogP contribution in [-0.2, 0) is 14.1 Å². The molecule has 34 heavy (non-hydrogen) atoms. The van der Waals surface area contributed by atoms with Crippen molar-refractivity contribution >= 4 is 75.9 Å². The normalized spacial score (nSPS) is 12.4. The fraction of sp³-hybridized carbons (Fsp3) is 0.0625. The van der Waals surface area contributed by atoms with Crippen molar-refractivity contribution < 1.29 is 0 Å². The van der Waals surface area contributed by atoms with Crippen molar-refractivity contribution in [3.05, 3.63) is 97.1 Å². The van der Waals surface area contributed by atoms with E-state index in [-0.39, 0.29) is 0 Å². The number of benzene rings is 6. The van der Waals surface area contributed by atoms with E-state index in [2.05, 4.69) is 120 Å². The molecule has 0 aliphatic carbocycles. The van der Waals surface area contributed by atoms with Gasteiger partial charge >= 0.3 is 0 Å². The number of aryl methyl sites for hydroxylation is 2. The van der Waals surface area contributed by atoms with Crippen molar-refractivity contribution in [3.8, 4) is 0 Å². The van der Waals surface area contributed by atoms with Crippen LogP contribution in [0.4, 0.5) is 0 Å². The Morgan fingerprint density at radius 1 is 0.382 bits per heavy atom. The lowest BCUT2D eigenvalue weighted by molar-refractivity contribution is 1.01. The van der Waals surface area contributed by atoms with Gasteiger partial charge in [0.05, 0.1) is 11.0 Å². The molecule has 0 amide bonds. The van der Waals surface area contributed by atoms with E-state index in [1.54, 1.807) is 0 Å². The Labute approximate surface area is 196 Å². The summed E-state index contributed by atoms with van der Waals surface area (Å²) >= 11 is 0. The molecule has 8 rings (SSSR count). The molecule has 0 spiro atoms. The van der Waals surface area contributed by atoms with Crippen LogP contribution in [0.15, 0.2) is 97.1 Å². The van der Waals surface area contributed by atoms with E-state index in [4.69, 9.17) is 0 Å². The fourth-order valence-corrected chi connectivity index (χ4v) is 6.43. The molecular weight excluding hydrogens is 412 g/mol. The molecule has 2 heterocycles. The third-order valence-electron chi connectivity index (χ3n) is 7.87. The molecule has 0 unspecified atom stereocenters. The van der Waals surface area contributed by atoms with Gasteiger partial charge in [-0.3, -0.25) is 0 Å². The molecule has 160 valence electrons. The molecule has 0 saturated carbocycles. The van der Waals surface area contributed by atoms with E-state index in [1.165, 1.54) is 75.9 Å². The molecule has 0 N–H and O–H groups in total. The summed E-state index contributed by atoms with van der Waals surface area (Å²) in [6.45, 7) is 0. The van der Waals surface area contributed by atoms with Crippen LogP contribution in [0.3, 0.4) is 0 Å². The highest BCUT2D eigenvalue weighted by molar-refractivity contribution is 6.41. The van der Waals surface area contributed by atoms with Crippen LogP contribution >= 0.6 is 0 Å². The summed E-state index contributed by atoms with van der Waals surface area (Å²) in [6, 6.07) is 35.6. The van der Waals surface area contributed by atoms with Gasteiger partial charge in [0.1, 0.15) is 0 Å². The van der Waals surface area contributed by atoms with Crippen molar-refractivity contribution in [1.82, 2.24) is 9.13 Å². The smallest absolute Gasteiger partial charge is 0.0576 e. The summed E-state index contributed by atoms with van der Waals surface area (Å²) in [5, 5.41) is 13.3. The predicted molar refractivity (Wildman–Crippen MR) is 147 cm³/mol. The highest BCUT2D eigenvalue weighted by atomic mass is 15.0. The van der Waals surface area contributed by atoms with Crippen molar-refractivity contribution in [1.29, 1.82) is 0 Å². The Morgan fingerprint density at radius 2 is 0.765 bits per heavy atom. The predicted octanol–water partition coefficient (Wildman–Crippen LogP) is 8.44. The van der Waals surface area contributed by atoms with Gasteiger partial charge in [-0.05, 0) is 33.7 Å². The van der Waals surface area contributed by atoms with Crippen LogP contribution in [0, 0.1) is 0 Å². The summed E-state index contributed by atoms with van der Waals surface area (Å²) in [5.41, 5.74) is 5.19. The number of hydrogen-bond acceptors (Lipinski definition) is 0. The standard InChI is InChI=1S/C32H22N2/c1-33-25-17-15-19-9-3-5-11-21(19)27(25)29-30-28-22-12-6-4-10-20(22)16-18-26(28)34(2)32(30)24-14-8-7-13-23(24)31(29)33/h3-18H,1-2H3. The van der Waals surface area contributed by atoms with E-state index in [0.29, 0.717) is 0 Å². The molecule has 0 bridgehead atoms. The minimum Gasteiger partial charge on any atom is -0.343 e. The van der Waals surface area contributed by atoms with Crippen LogP contribution in [0.2, 0.25) is 0 Å². The molecule has 6 aromatic carbocycles. The van der Waals surface area contributed by atoms with Crippen LogP contribution in [0.1, 0.15) is 0 Å². The Kier molecular flexibility index (Phi) is 3.30. The van der Waals surface area contributed by atoms with Gasteiger partial charge in [0.2, 0.25) is 0 Å². The Morgan fingerprint density at radius 3 is 1.21 bits per heavy atom. The first kappa shape index (κ1) is 18.2. The highest BCUT2D eigenvalue weighted by Crippen LogP contribution is 2.47. The summed E-state index contributed by atoms with van der Waals surface area (Å²) < 4.78 is 4.81. The SMILES string of the molecule is Cn1c2ccc3ccccc3c2c2c3c4c5ccccc5ccc4n(C)c3c3ccccc3c21. The van der Waals surface area contributed by atoms with Gasteiger partial charge in [-0.1, -0.05) is 84.9 Å². The first-order valence-corrected chi connectivity index (χ1v) is 11.8. The van der Waals surface area contributed by atoms with E-state index in [9.17, 15) is 0 Å². The zero-order chi connectivity index (χ0) is 22.6. The summed E-state index contributed by atoms with van der Waals surface area (Å²) in [4.78, 5) is 0. The van der Waals surface area contributed by atoms with Gasteiger partial charge in [-0.25, -0.2) is 0 Å². The zero-order valence-electron chi connectivity index (χ0n) is 19.1. The fourth-order valence-electron chi connectivity index (χ4n) is 6.43. The number of hydrogen-bond donors (Lipinski definition) is 0. The first-order valence-electron chi connectivity index (χ1n) is 11.8. The Bertz CT molecular complexity index is 1980. The monoisotopic (exact) mass is 434 g/mol. The molecule has 2 nitrogen and oxygen atoms in total. The molecule has 8 aromatic rings. The second kappa shape index (κ2) is 6.18. The number of fused-ring (bicyclic) bond motifs is 14. The maximum Gasteiger partial charge on any atom is 0.0576 e. The topological polar surface area (TPSA) is 9.86 Å². The quantitative estimate of drug-likeness (QED) is 0.227. The van der Waals surface area contributed by atoms with Gasteiger partial charge < -0.3 is 9.13 Å². The number of rotatable bonds is 0.